The maximum Gasteiger partial charge on any atom is 0.319 e. The van der Waals surface area contributed by atoms with Gasteiger partial charge in [-0.2, -0.15) is 0 Å². The molecule has 0 saturated carbocycles. The molecule has 0 heterocycles. The normalized spacial score (nSPS) is 21.6. The molecule has 3 nitrogen and oxygen atoms in total. The van der Waals surface area contributed by atoms with Gasteiger partial charge in [0.1, 0.15) is 5.41 Å². The molecule has 3 rings (SSSR count). The van der Waals surface area contributed by atoms with Crippen LogP contribution in [0.2, 0.25) is 0 Å². The Morgan fingerprint density at radius 3 is 2.70 bits per heavy atom. The second-order valence-corrected chi connectivity index (χ2v) is 5.47. The Morgan fingerprint density at radius 2 is 1.95 bits per heavy atom. The fourth-order valence-electron chi connectivity index (χ4n) is 2.99. The van der Waals surface area contributed by atoms with Gasteiger partial charge < -0.3 is 4.74 Å². The first kappa shape index (κ1) is 12.9. The van der Waals surface area contributed by atoms with Gasteiger partial charge in [-0.15, -0.1) is 0 Å². The zero-order valence-corrected chi connectivity index (χ0v) is 11.6. The summed E-state index contributed by atoms with van der Waals surface area (Å²) in [6.45, 7) is 1.69. The van der Waals surface area contributed by atoms with E-state index in [4.69, 9.17) is 4.74 Å². The van der Waals surface area contributed by atoms with Crippen LogP contribution in [0, 0.1) is 5.41 Å². The molecule has 1 atom stereocenters. The van der Waals surface area contributed by atoms with Crippen molar-refractivity contribution in [3.05, 3.63) is 47.5 Å². The van der Waals surface area contributed by atoms with Gasteiger partial charge in [-0.25, -0.2) is 0 Å². The minimum absolute atomic E-state index is 0.123. The molecule has 0 aliphatic heterocycles. The summed E-state index contributed by atoms with van der Waals surface area (Å²) in [4.78, 5) is 24.9. The van der Waals surface area contributed by atoms with E-state index in [0.717, 1.165) is 22.8 Å². The van der Waals surface area contributed by atoms with Crippen molar-refractivity contribution < 1.29 is 14.3 Å². The van der Waals surface area contributed by atoms with Crippen LogP contribution in [0.25, 0.3) is 10.8 Å². The number of carbonyl (C=O) groups excluding carboxylic acids is 2. The van der Waals surface area contributed by atoms with Gasteiger partial charge in [0.2, 0.25) is 0 Å². The lowest BCUT2D eigenvalue weighted by molar-refractivity contribution is -0.149. The summed E-state index contributed by atoms with van der Waals surface area (Å²) in [6, 6.07) is 11.8. The average molecular weight is 268 g/mol. The first-order chi connectivity index (χ1) is 9.58. The van der Waals surface area contributed by atoms with Crippen LogP contribution in [0.15, 0.2) is 36.4 Å². The Labute approximate surface area is 117 Å². The molecule has 0 aromatic heterocycles. The summed E-state index contributed by atoms with van der Waals surface area (Å²) in [7, 11) is 1.33. The minimum Gasteiger partial charge on any atom is -0.468 e. The summed E-state index contributed by atoms with van der Waals surface area (Å²) in [5.74, 6) is -0.566. The van der Waals surface area contributed by atoms with Crippen molar-refractivity contribution in [2.24, 2.45) is 5.41 Å². The monoisotopic (exact) mass is 268 g/mol. The summed E-state index contributed by atoms with van der Waals surface area (Å²) in [6.07, 6.45) is 1.22. The fraction of sp³-hybridized carbons (Fsp3) is 0.294. The number of hydrogen-bond acceptors (Lipinski definition) is 3. The van der Waals surface area contributed by atoms with Gasteiger partial charge in [-0.05, 0) is 36.1 Å². The molecule has 0 saturated heterocycles. The van der Waals surface area contributed by atoms with E-state index in [1.54, 1.807) is 6.92 Å². The number of methoxy groups -OCH3 is 1. The first-order valence-electron chi connectivity index (χ1n) is 6.72. The van der Waals surface area contributed by atoms with Crippen molar-refractivity contribution in [1.82, 2.24) is 0 Å². The third-order valence-corrected chi connectivity index (χ3v) is 4.27. The van der Waals surface area contributed by atoms with E-state index in [9.17, 15) is 9.59 Å². The molecular weight excluding hydrogens is 252 g/mol. The Morgan fingerprint density at radius 1 is 1.20 bits per heavy atom. The number of Topliss-reactive ketones (excluding diaryl/α,β-unsaturated/α-hetero) is 1. The van der Waals surface area contributed by atoms with Crippen molar-refractivity contribution in [2.45, 2.75) is 19.8 Å². The van der Waals surface area contributed by atoms with Crippen molar-refractivity contribution in [3.63, 3.8) is 0 Å². The van der Waals surface area contributed by atoms with E-state index >= 15 is 0 Å². The highest BCUT2D eigenvalue weighted by Crippen LogP contribution is 2.39. The van der Waals surface area contributed by atoms with Crippen LogP contribution in [-0.4, -0.2) is 18.9 Å². The lowest BCUT2D eigenvalue weighted by atomic mass is 9.70. The molecule has 20 heavy (non-hydrogen) atoms. The third-order valence-electron chi connectivity index (χ3n) is 4.27. The maximum atomic E-state index is 12.9. The number of hydrogen-bond donors (Lipinski definition) is 0. The van der Waals surface area contributed by atoms with Gasteiger partial charge in [0.15, 0.2) is 5.78 Å². The Balaban J connectivity index is 2.24. The molecule has 0 bridgehead atoms. The zero-order chi connectivity index (χ0) is 14.3. The fourth-order valence-corrected chi connectivity index (χ4v) is 2.99. The van der Waals surface area contributed by atoms with Crippen molar-refractivity contribution in [1.29, 1.82) is 0 Å². The quantitative estimate of drug-likeness (QED) is 0.589. The molecule has 0 amide bonds. The molecule has 0 radical (unpaired) electrons. The standard InChI is InChI=1S/C17H16O3/c1-17(16(19)20-2)10-9-12-8-7-11-5-3-4-6-13(11)14(12)15(17)18/h3-8H,9-10H2,1-2H3/t17-/m1/s1. The van der Waals surface area contributed by atoms with Gasteiger partial charge in [0.05, 0.1) is 7.11 Å². The average Bonchev–Trinajstić information content (AvgIpc) is 2.49. The van der Waals surface area contributed by atoms with E-state index in [1.165, 1.54) is 7.11 Å². The first-order valence-corrected chi connectivity index (χ1v) is 6.72. The predicted octanol–water partition coefficient (Wildman–Crippen LogP) is 3.15. The van der Waals surface area contributed by atoms with Crippen LogP contribution in [0.3, 0.4) is 0 Å². The Kier molecular flexibility index (Phi) is 2.85. The lowest BCUT2D eigenvalue weighted by Crippen LogP contribution is -2.41. The van der Waals surface area contributed by atoms with E-state index in [-0.39, 0.29) is 5.78 Å². The van der Waals surface area contributed by atoms with Gasteiger partial charge >= 0.3 is 5.97 Å². The van der Waals surface area contributed by atoms with Crippen LogP contribution < -0.4 is 0 Å². The van der Waals surface area contributed by atoms with E-state index in [2.05, 4.69) is 0 Å². The molecule has 3 heteroatoms. The topological polar surface area (TPSA) is 43.4 Å². The summed E-state index contributed by atoms with van der Waals surface area (Å²) < 4.78 is 4.83. The number of esters is 1. The van der Waals surface area contributed by atoms with Crippen molar-refractivity contribution in [3.8, 4) is 0 Å². The zero-order valence-electron chi connectivity index (χ0n) is 11.6. The number of fused-ring (bicyclic) bond motifs is 3. The van der Waals surface area contributed by atoms with Gasteiger partial charge in [0, 0.05) is 5.56 Å². The molecule has 102 valence electrons. The third kappa shape index (κ3) is 1.66. The molecular formula is C17H16O3. The molecule has 1 aliphatic rings. The van der Waals surface area contributed by atoms with Crippen LogP contribution >= 0.6 is 0 Å². The van der Waals surface area contributed by atoms with Crippen molar-refractivity contribution >= 4 is 22.5 Å². The Hall–Kier alpha value is -2.16. The highest BCUT2D eigenvalue weighted by molar-refractivity contribution is 6.19. The van der Waals surface area contributed by atoms with Crippen LogP contribution in [-0.2, 0) is 16.0 Å². The number of ketones is 1. The number of carbonyl (C=O) groups is 2. The highest BCUT2D eigenvalue weighted by Gasteiger charge is 2.46. The molecule has 0 fully saturated rings. The van der Waals surface area contributed by atoms with Gasteiger partial charge in [0.25, 0.3) is 0 Å². The maximum absolute atomic E-state index is 12.9. The smallest absolute Gasteiger partial charge is 0.319 e. The van der Waals surface area contributed by atoms with Crippen LogP contribution in [0.4, 0.5) is 0 Å². The minimum atomic E-state index is -1.06. The molecule has 1 aliphatic carbocycles. The summed E-state index contributed by atoms with van der Waals surface area (Å²) >= 11 is 0. The Bertz CT molecular complexity index is 717. The molecule has 0 N–H and O–H groups in total. The van der Waals surface area contributed by atoms with E-state index < -0.39 is 11.4 Å². The van der Waals surface area contributed by atoms with Gasteiger partial charge in [-0.3, -0.25) is 9.59 Å². The number of ether oxygens (including phenoxy) is 1. The summed E-state index contributed by atoms with van der Waals surface area (Å²) in [5, 5.41) is 1.94. The molecule has 0 unspecified atom stereocenters. The summed E-state index contributed by atoms with van der Waals surface area (Å²) in [5.41, 5.74) is 0.642. The van der Waals surface area contributed by atoms with E-state index in [0.29, 0.717) is 12.0 Å². The highest BCUT2D eigenvalue weighted by atomic mass is 16.5. The molecule has 2 aromatic carbocycles. The second-order valence-electron chi connectivity index (χ2n) is 5.47. The van der Waals surface area contributed by atoms with Crippen LogP contribution in [0.5, 0.6) is 0 Å². The largest absolute Gasteiger partial charge is 0.468 e. The molecule has 0 spiro atoms. The predicted molar refractivity (Wildman–Crippen MR) is 76.7 cm³/mol. The number of benzene rings is 2. The van der Waals surface area contributed by atoms with Crippen LogP contribution in [0.1, 0.15) is 29.3 Å². The second kappa shape index (κ2) is 4.44. The lowest BCUT2D eigenvalue weighted by Gasteiger charge is -2.31. The van der Waals surface area contributed by atoms with E-state index in [1.807, 2.05) is 36.4 Å². The SMILES string of the molecule is COC(=O)[C@]1(C)CCc2ccc3ccccc3c2C1=O. The number of aryl methyl sites for hydroxylation is 1. The van der Waals surface area contributed by atoms with Crippen molar-refractivity contribution in [2.75, 3.05) is 7.11 Å². The number of rotatable bonds is 1. The van der Waals surface area contributed by atoms with Gasteiger partial charge in [-0.1, -0.05) is 36.4 Å². The molecule has 2 aromatic rings.